The molecule has 0 saturated heterocycles. The summed E-state index contributed by atoms with van der Waals surface area (Å²) in [6.45, 7) is 2.50. The lowest BCUT2D eigenvalue weighted by Gasteiger charge is -2.06. The van der Waals surface area contributed by atoms with Gasteiger partial charge in [-0.25, -0.2) is 0 Å². The average Bonchev–Trinajstić information content (AvgIpc) is 3.00. The molecule has 0 spiro atoms. The Morgan fingerprint density at radius 1 is 1.20 bits per heavy atom. The van der Waals surface area contributed by atoms with Crippen molar-refractivity contribution in [3.8, 4) is 5.75 Å². The van der Waals surface area contributed by atoms with Gasteiger partial charge in [-0.2, -0.15) is 14.9 Å². The normalized spacial score (nSPS) is 11.1. The van der Waals surface area contributed by atoms with Gasteiger partial charge in [0.2, 0.25) is 4.77 Å². The van der Waals surface area contributed by atoms with Gasteiger partial charge in [0.05, 0.1) is 6.21 Å². The van der Waals surface area contributed by atoms with Crippen LogP contribution in [-0.2, 0) is 13.0 Å². The third-order valence-electron chi connectivity index (χ3n) is 3.55. The van der Waals surface area contributed by atoms with Gasteiger partial charge in [0.1, 0.15) is 12.4 Å². The highest BCUT2D eigenvalue weighted by molar-refractivity contribution is 7.71. The monoisotopic (exact) mass is 372 g/mol. The van der Waals surface area contributed by atoms with Gasteiger partial charge < -0.3 is 4.74 Å². The van der Waals surface area contributed by atoms with Crippen LogP contribution < -0.4 is 4.74 Å². The van der Waals surface area contributed by atoms with E-state index in [1.807, 2.05) is 55.5 Å². The largest absolute Gasteiger partial charge is 0.489 e. The smallest absolute Gasteiger partial charge is 0.216 e. The predicted octanol–water partition coefficient (Wildman–Crippen LogP) is 4.62. The van der Waals surface area contributed by atoms with Gasteiger partial charge in [0.25, 0.3) is 0 Å². The Morgan fingerprint density at radius 2 is 1.92 bits per heavy atom. The maximum Gasteiger partial charge on any atom is 0.216 e. The van der Waals surface area contributed by atoms with Gasteiger partial charge in [-0.05, 0) is 59.7 Å². The molecule has 1 N–H and O–H groups in total. The number of aromatic nitrogens is 3. The van der Waals surface area contributed by atoms with Crippen molar-refractivity contribution in [1.29, 1.82) is 0 Å². The number of halogens is 1. The van der Waals surface area contributed by atoms with Crippen LogP contribution in [0.1, 0.15) is 23.9 Å². The van der Waals surface area contributed by atoms with Gasteiger partial charge in [-0.15, -0.1) is 0 Å². The first kappa shape index (κ1) is 17.4. The summed E-state index contributed by atoms with van der Waals surface area (Å²) in [5.41, 5.74) is 2.01. The zero-order valence-corrected chi connectivity index (χ0v) is 15.2. The average molecular weight is 373 g/mol. The standard InChI is InChI=1S/C18H17ClN4OS/c1-2-17-21-22-18(25)23(17)20-11-13-5-9-16(10-6-13)24-12-14-3-7-15(19)8-4-14/h3-11H,2,12H2,1H3,(H,22,25). The lowest BCUT2D eigenvalue weighted by Crippen LogP contribution is -1.98. The third kappa shape index (κ3) is 4.55. The summed E-state index contributed by atoms with van der Waals surface area (Å²) in [6.07, 6.45) is 2.50. The van der Waals surface area contributed by atoms with Crippen molar-refractivity contribution in [2.45, 2.75) is 20.0 Å². The van der Waals surface area contributed by atoms with Crippen LogP contribution in [0.5, 0.6) is 5.75 Å². The van der Waals surface area contributed by atoms with Crippen LogP contribution in [-0.4, -0.2) is 21.1 Å². The van der Waals surface area contributed by atoms with E-state index in [0.29, 0.717) is 11.4 Å². The van der Waals surface area contributed by atoms with Gasteiger partial charge in [0, 0.05) is 11.4 Å². The number of aryl methyl sites for hydroxylation is 1. The first-order chi connectivity index (χ1) is 12.2. The van der Waals surface area contributed by atoms with Gasteiger partial charge in [-0.1, -0.05) is 30.7 Å². The highest BCUT2D eigenvalue weighted by Crippen LogP contribution is 2.15. The number of hydrogen-bond acceptors (Lipinski definition) is 4. The summed E-state index contributed by atoms with van der Waals surface area (Å²) in [5, 5.41) is 12.0. The van der Waals surface area contributed by atoms with E-state index in [2.05, 4.69) is 15.3 Å². The van der Waals surface area contributed by atoms with E-state index in [9.17, 15) is 0 Å². The Hall–Kier alpha value is -2.44. The third-order valence-corrected chi connectivity index (χ3v) is 4.07. The lowest BCUT2D eigenvalue weighted by atomic mass is 10.2. The fourth-order valence-corrected chi connectivity index (χ4v) is 2.52. The van der Waals surface area contributed by atoms with E-state index in [1.165, 1.54) is 0 Å². The molecule has 0 aliphatic rings. The summed E-state index contributed by atoms with van der Waals surface area (Å²) in [5.74, 6) is 1.59. The van der Waals surface area contributed by atoms with Crippen molar-refractivity contribution >= 4 is 30.0 Å². The summed E-state index contributed by atoms with van der Waals surface area (Å²) >= 11 is 11.0. The van der Waals surface area contributed by atoms with E-state index in [-0.39, 0.29) is 0 Å². The zero-order chi connectivity index (χ0) is 17.6. The van der Waals surface area contributed by atoms with Gasteiger partial charge in [-0.3, -0.25) is 5.10 Å². The second-order valence-electron chi connectivity index (χ2n) is 5.34. The van der Waals surface area contributed by atoms with Crippen LogP contribution in [0.4, 0.5) is 0 Å². The molecule has 3 aromatic rings. The van der Waals surface area contributed by atoms with Crippen molar-refractivity contribution in [1.82, 2.24) is 14.9 Å². The fraction of sp³-hybridized carbons (Fsp3) is 0.167. The van der Waals surface area contributed by atoms with Crippen molar-refractivity contribution < 1.29 is 4.74 Å². The Morgan fingerprint density at radius 3 is 2.60 bits per heavy atom. The Balaban J connectivity index is 1.64. The van der Waals surface area contributed by atoms with Crippen molar-refractivity contribution in [3.05, 3.63) is 75.3 Å². The van der Waals surface area contributed by atoms with Crippen LogP contribution in [0.2, 0.25) is 5.02 Å². The fourth-order valence-electron chi connectivity index (χ4n) is 2.19. The summed E-state index contributed by atoms with van der Waals surface area (Å²) < 4.78 is 7.88. The first-order valence-corrected chi connectivity index (χ1v) is 8.62. The number of ether oxygens (including phenoxy) is 1. The van der Waals surface area contributed by atoms with Crippen LogP contribution in [0.25, 0.3) is 0 Å². The van der Waals surface area contributed by atoms with Gasteiger partial charge in [0.15, 0.2) is 5.82 Å². The first-order valence-electron chi connectivity index (χ1n) is 7.83. The van der Waals surface area contributed by atoms with Gasteiger partial charge >= 0.3 is 0 Å². The van der Waals surface area contributed by atoms with E-state index in [0.717, 1.165) is 34.1 Å². The lowest BCUT2D eigenvalue weighted by molar-refractivity contribution is 0.306. The quantitative estimate of drug-likeness (QED) is 0.507. The molecule has 3 rings (SSSR count). The number of rotatable bonds is 6. The maximum absolute atomic E-state index is 5.87. The maximum atomic E-state index is 5.87. The molecule has 1 aromatic heterocycles. The second-order valence-corrected chi connectivity index (χ2v) is 6.16. The molecule has 1 heterocycles. The molecule has 128 valence electrons. The molecule has 0 saturated carbocycles. The van der Waals surface area contributed by atoms with E-state index in [1.54, 1.807) is 10.9 Å². The minimum Gasteiger partial charge on any atom is -0.489 e. The summed E-state index contributed by atoms with van der Waals surface area (Å²) in [4.78, 5) is 0. The van der Waals surface area contributed by atoms with Crippen molar-refractivity contribution in [3.63, 3.8) is 0 Å². The molecule has 0 radical (unpaired) electrons. The molecule has 7 heteroatoms. The molecular formula is C18H17ClN4OS. The van der Waals surface area contributed by atoms with E-state index < -0.39 is 0 Å². The van der Waals surface area contributed by atoms with Crippen molar-refractivity contribution in [2.75, 3.05) is 0 Å². The van der Waals surface area contributed by atoms with Crippen LogP contribution in [0.3, 0.4) is 0 Å². The molecule has 0 unspecified atom stereocenters. The van der Waals surface area contributed by atoms with Crippen molar-refractivity contribution in [2.24, 2.45) is 5.10 Å². The molecule has 5 nitrogen and oxygen atoms in total. The zero-order valence-electron chi connectivity index (χ0n) is 13.6. The molecule has 0 aliphatic carbocycles. The molecule has 0 amide bonds. The SMILES string of the molecule is CCc1n[nH]c(=S)n1N=Cc1ccc(OCc2ccc(Cl)cc2)cc1. The number of nitrogens with zero attached hydrogens (tertiary/aromatic N) is 3. The molecule has 0 aliphatic heterocycles. The number of benzene rings is 2. The molecule has 0 bridgehead atoms. The van der Waals surface area contributed by atoms with E-state index >= 15 is 0 Å². The highest BCUT2D eigenvalue weighted by Gasteiger charge is 2.01. The molecule has 0 atom stereocenters. The topological polar surface area (TPSA) is 55.2 Å². The Kier molecular flexibility index (Phi) is 5.63. The second kappa shape index (κ2) is 8.09. The molecular weight excluding hydrogens is 356 g/mol. The minimum atomic E-state index is 0.482. The molecule has 2 aromatic carbocycles. The highest BCUT2D eigenvalue weighted by atomic mass is 35.5. The van der Waals surface area contributed by atoms with E-state index in [4.69, 9.17) is 28.6 Å². The van der Waals surface area contributed by atoms with Crippen LogP contribution >= 0.6 is 23.8 Å². The number of nitrogens with one attached hydrogen (secondary N) is 1. The summed E-state index contributed by atoms with van der Waals surface area (Å²) in [7, 11) is 0. The Bertz CT molecular complexity index is 913. The molecule has 25 heavy (non-hydrogen) atoms. The minimum absolute atomic E-state index is 0.482. The number of H-pyrrole nitrogens is 1. The van der Waals surface area contributed by atoms with Crippen LogP contribution in [0, 0.1) is 4.77 Å². The van der Waals surface area contributed by atoms with Crippen LogP contribution in [0.15, 0.2) is 53.6 Å². The molecule has 0 fully saturated rings. The number of aromatic amines is 1. The Labute approximate surface area is 155 Å². The number of hydrogen-bond donors (Lipinski definition) is 1. The summed E-state index contributed by atoms with van der Waals surface area (Å²) in [6, 6.07) is 15.3. The predicted molar refractivity (Wildman–Crippen MR) is 102 cm³/mol.